The zero-order valence-electron chi connectivity index (χ0n) is 13.4. The van der Waals surface area contributed by atoms with Crippen molar-refractivity contribution >= 4 is 6.09 Å². The normalized spacial score (nSPS) is 15.8. The van der Waals surface area contributed by atoms with Gasteiger partial charge in [-0.3, -0.25) is 4.90 Å². The predicted molar refractivity (Wildman–Crippen MR) is 85.8 cm³/mol. The Bertz CT molecular complexity index is 431. The standard InChI is InChI=1S/C17H26N2O3/c1-2-13-21-14-12-18-8-10-19(11-9-18)17(20)22-15-16-6-4-3-5-7-16/h3-7H,2,8-15H2,1H3. The minimum absolute atomic E-state index is 0.217. The summed E-state index contributed by atoms with van der Waals surface area (Å²) in [5.41, 5.74) is 1.02. The van der Waals surface area contributed by atoms with Crippen molar-refractivity contribution in [3.05, 3.63) is 35.9 Å². The lowest BCUT2D eigenvalue weighted by Crippen LogP contribution is -2.49. The number of benzene rings is 1. The number of carbonyl (C=O) groups is 1. The van der Waals surface area contributed by atoms with E-state index >= 15 is 0 Å². The van der Waals surface area contributed by atoms with Crippen molar-refractivity contribution < 1.29 is 14.3 Å². The molecular formula is C17H26N2O3. The van der Waals surface area contributed by atoms with Crippen LogP contribution in [-0.4, -0.2) is 61.8 Å². The molecule has 0 saturated carbocycles. The molecule has 1 saturated heterocycles. The van der Waals surface area contributed by atoms with E-state index in [1.807, 2.05) is 30.3 Å². The molecule has 0 bridgehead atoms. The van der Waals surface area contributed by atoms with Crippen molar-refractivity contribution in [2.24, 2.45) is 0 Å². The first-order valence-electron chi connectivity index (χ1n) is 8.05. The van der Waals surface area contributed by atoms with Crippen molar-refractivity contribution in [1.29, 1.82) is 0 Å². The van der Waals surface area contributed by atoms with Crippen molar-refractivity contribution in [2.45, 2.75) is 20.0 Å². The molecule has 1 aliphatic heterocycles. The van der Waals surface area contributed by atoms with Crippen molar-refractivity contribution in [2.75, 3.05) is 45.9 Å². The van der Waals surface area contributed by atoms with E-state index in [9.17, 15) is 4.79 Å². The Morgan fingerprint density at radius 2 is 1.82 bits per heavy atom. The number of carbonyl (C=O) groups excluding carboxylic acids is 1. The summed E-state index contributed by atoms with van der Waals surface area (Å²) >= 11 is 0. The molecule has 0 atom stereocenters. The van der Waals surface area contributed by atoms with Crippen LogP contribution in [0.2, 0.25) is 0 Å². The van der Waals surface area contributed by atoms with Crippen LogP contribution in [0.3, 0.4) is 0 Å². The number of ether oxygens (including phenoxy) is 2. The lowest BCUT2D eigenvalue weighted by atomic mass is 10.2. The van der Waals surface area contributed by atoms with Gasteiger partial charge in [0.15, 0.2) is 0 Å². The molecule has 1 fully saturated rings. The van der Waals surface area contributed by atoms with Crippen LogP contribution in [0.25, 0.3) is 0 Å². The summed E-state index contributed by atoms with van der Waals surface area (Å²) in [6.45, 7) is 8.20. The predicted octanol–water partition coefficient (Wildman–Crippen LogP) is 2.37. The minimum atomic E-state index is -0.217. The van der Waals surface area contributed by atoms with Crippen LogP contribution in [0.4, 0.5) is 4.79 Å². The van der Waals surface area contributed by atoms with Gasteiger partial charge in [-0.15, -0.1) is 0 Å². The summed E-state index contributed by atoms with van der Waals surface area (Å²) in [5, 5.41) is 0. The molecule has 2 rings (SSSR count). The van der Waals surface area contributed by atoms with Gasteiger partial charge in [-0.1, -0.05) is 37.3 Å². The summed E-state index contributed by atoms with van der Waals surface area (Å²) in [5.74, 6) is 0. The van der Waals surface area contributed by atoms with Gasteiger partial charge in [0.25, 0.3) is 0 Å². The molecule has 0 aromatic heterocycles. The van der Waals surface area contributed by atoms with Crippen LogP contribution < -0.4 is 0 Å². The maximum atomic E-state index is 12.0. The number of nitrogens with zero attached hydrogens (tertiary/aromatic N) is 2. The van der Waals surface area contributed by atoms with E-state index in [0.717, 1.165) is 57.9 Å². The molecule has 5 heteroatoms. The monoisotopic (exact) mass is 306 g/mol. The van der Waals surface area contributed by atoms with E-state index in [2.05, 4.69) is 11.8 Å². The van der Waals surface area contributed by atoms with Crippen LogP contribution in [-0.2, 0) is 16.1 Å². The summed E-state index contributed by atoms with van der Waals surface area (Å²) in [6, 6.07) is 9.77. The third-order valence-corrected chi connectivity index (χ3v) is 3.74. The number of piperazine rings is 1. The number of hydrogen-bond acceptors (Lipinski definition) is 4. The second-order valence-corrected chi connectivity index (χ2v) is 5.48. The highest BCUT2D eigenvalue weighted by molar-refractivity contribution is 5.67. The van der Waals surface area contributed by atoms with E-state index in [4.69, 9.17) is 9.47 Å². The fourth-order valence-corrected chi connectivity index (χ4v) is 2.40. The summed E-state index contributed by atoms with van der Waals surface area (Å²) < 4.78 is 10.9. The third kappa shape index (κ3) is 5.66. The molecule has 0 aliphatic carbocycles. The Balaban J connectivity index is 1.62. The second-order valence-electron chi connectivity index (χ2n) is 5.48. The number of hydrogen-bond donors (Lipinski definition) is 0. The van der Waals surface area contributed by atoms with Gasteiger partial charge in [-0.05, 0) is 12.0 Å². The van der Waals surface area contributed by atoms with Gasteiger partial charge < -0.3 is 14.4 Å². The average Bonchev–Trinajstić information content (AvgIpc) is 2.58. The molecule has 1 heterocycles. The van der Waals surface area contributed by atoms with Gasteiger partial charge in [0.1, 0.15) is 6.61 Å². The fourth-order valence-electron chi connectivity index (χ4n) is 2.40. The first-order chi connectivity index (χ1) is 10.8. The molecule has 0 spiro atoms. The Morgan fingerprint density at radius 3 is 2.50 bits per heavy atom. The average molecular weight is 306 g/mol. The lowest BCUT2D eigenvalue weighted by molar-refractivity contribution is 0.0567. The van der Waals surface area contributed by atoms with E-state index in [1.165, 1.54) is 0 Å². The summed E-state index contributed by atoms with van der Waals surface area (Å²) in [6.07, 6.45) is 0.840. The molecule has 1 amide bonds. The molecule has 122 valence electrons. The molecule has 5 nitrogen and oxygen atoms in total. The topological polar surface area (TPSA) is 42.0 Å². The van der Waals surface area contributed by atoms with E-state index in [-0.39, 0.29) is 6.09 Å². The zero-order valence-corrected chi connectivity index (χ0v) is 13.4. The number of amides is 1. The Hall–Kier alpha value is -1.59. The highest BCUT2D eigenvalue weighted by atomic mass is 16.6. The lowest BCUT2D eigenvalue weighted by Gasteiger charge is -2.33. The molecule has 0 radical (unpaired) electrons. The molecule has 1 aromatic rings. The maximum Gasteiger partial charge on any atom is 0.410 e. The van der Waals surface area contributed by atoms with Gasteiger partial charge >= 0.3 is 6.09 Å². The Kier molecular flexibility index (Phi) is 7.19. The quantitative estimate of drug-likeness (QED) is 0.725. The minimum Gasteiger partial charge on any atom is -0.445 e. The van der Waals surface area contributed by atoms with Crippen LogP contribution in [0.1, 0.15) is 18.9 Å². The molecule has 0 unspecified atom stereocenters. The van der Waals surface area contributed by atoms with Gasteiger partial charge in [-0.2, -0.15) is 0 Å². The van der Waals surface area contributed by atoms with Crippen molar-refractivity contribution in [1.82, 2.24) is 9.80 Å². The van der Waals surface area contributed by atoms with Gasteiger partial charge in [0.05, 0.1) is 6.61 Å². The largest absolute Gasteiger partial charge is 0.445 e. The molecule has 22 heavy (non-hydrogen) atoms. The summed E-state index contributed by atoms with van der Waals surface area (Å²) in [7, 11) is 0. The SMILES string of the molecule is CCCOCCN1CCN(C(=O)OCc2ccccc2)CC1. The van der Waals surface area contributed by atoms with Crippen molar-refractivity contribution in [3.63, 3.8) is 0 Å². The fraction of sp³-hybridized carbons (Fsp3) is 0.588. The second kappa shape index (κ2) is 9.43. The highest BCUT2D eigenvalue weighted by Gasteiger charge is 2.21. The molecule has 1 aromatic carbocycles. The van der Waals surface area contributed by atoms with Crippen molar-refractivity contribution in [3.8, 4) is 0 Å². The smallest absolute Gasteiger partial charge is 0.410 e. The van der Waals surface area contributed by atoms with Crippen LogP contribution in [0, 0.1) is 0 Å². The highest BCUT2D eigenvalue weighted by Crippen LogP contribution is 2.06. The van der Waals surface area contributed by atoms with Crippen LogP contribution >= 0.6 is 0 Å². The Morgan fingerprint density at radius 1 is 1.09 bits per heavy atom. The summed E-state index contributed by atoms with van der Waals surface area (Å²) in [4.78, 5) is 16.2. The van der Waals surface area contributed by atoms with Crippen LogP contribution in [0.15, 0.2) is 30.3 Å². The third-order valence-electron chi connectivity index (χ3n) is 3.74. The van der Waals surface area contributed by atoms with Gasteiger partial charge in [-0.25, -0.2) is 4.79 Å². The van der Waals surface area contributed by atoms with E-state index < -0.39 is 0 Å². The first-order valence-corrected chi connectivity index (χ1v) is 8.05. The molecular weight excluding hydrogens is 280 g/mol. The van der Waals surface area contributed by atoms with Gasteiger partial charge in [0.2, 0.25) is 0 Å². The zero-order chi connectivity index (χ0) is 15.6. The van der Waals surface area contributed by atoms with E-state index in [0.29, 0.717) is 6.61 Å². The first kappa shape index (κ1) is 16.8. The maximum absolute atomic E-state index is 12.0. The van der Waals surface area contributed by atoms with Gasteiger partial charge in [0, 0.05) is 39.3 Å². The van der Waals surface area contributed by atoms with Crippen LogP contribution in [0.5, 0.6) is 0 Å². The van der Waals surface area contributed by atoms with E-state index in [1.54, 1.807) is 4.90 Å². The number of rotatable bonds is 7. The molecule has 0 N–H and O–H groups in total. The Labute approximate surface area is 132 Å². The molecule has 1 aliphatic rings.